The van der Waals surface area contributed by atoms with Crippen LogP contribution in [0.25, 0.3) is 0 Å². The zero-order valence-corrected chi connectivity index (χ0v) is 7.03. The Kier molecular flexibility index (Phi) is 1.96. The van der Waals surface area contributed by atoms with Gasteiger partial charge in [0, 0.05) is 13.0 Å². The van der Waals surface area contributed by atoms with Crippen LogP contribution in [0.3, 0.4) is 0 Å². The number of carbonyl (C=O) groups excluding carboxylic acids is 1. The van der Waals surface area contributed by atoms with Crippen molar-refractivity contribution in [1.82, 2.24) is 4.98 Å². The molecule has 1 aliphatic rings. The third-order valence-electron chi connectivity index (χ3n) is 2.06. The molecule has 1 aromatic rings. The lowest BCUT2D eigenvalue weighted by Gasteiger charge is -2.13. The molecule has 68 valence electrons. The fourth-order valence-corrected chi connectivity index (χ4v) is 1.42. The van der Waals surface area contributed by atoms with Crippen LogP contribution in [0.1, 0.15) is 12.8 Å². The summed E-state index contributed by atoms with van der Waals surface area (Å²) in [5, 5.41) is 0. The highest BCUT2D eigenvalue weighted by Crippen LogP contribution is 2.18. The highest BCUT2D eigenvalue weighted by molar-refractivity contribution is 5.94. The maximum absolute atomic E-state index is 12.5. The first kappa shape index (κ1) is 8.16. The number of carbonyl (C=O) groups is 1. The molecule has 1 amide bonds. The third-order valence-corrected chi connectivity index (χ3v) is 2.06. The molecule has 1 aromatic heterocycles. The summed E-state index contributed by atoms with van der Waals surface area (Å²) in [4.78, 5) is 16.7. The first-order valence-electron chi connectivity index (χ1n) is 4.19. The summed E-state index contributed by atoms with van der Waals surface area (Å²) in [6.45, 7) is 0.692. The van der Waals surface area contributed by atoms with Crippen molar-refractivity contribution in [2.45, 2.75) is 12.8 Å². The molecule has 0 bridgehead atoms. The van der Waals surface area contributed by atoms with E-state index in [0.717, 1.165) is 12.6 Å². The molecule has 0 aliphatic carbocycles. The molecule has 0 aromatic carbocycles. The Labute approximate surface area is 75.2 Å². The summed E-state index contributed by atoms with van der Waals surface area (Å²) in [7, 11) is 0. The Bertz CT molecular complexity index is 323. The van der Waals surface area contributed by atoms with Gasteiger partial charge in [0.15, 0.2) is 0 Å². The van der Waals surface area contributed by atoms with Crippen LogP contribution >= 0.6 is 0 Å². The minimum Gasteiger partial charge on any atom is -0.297 e. The van der Waals surface area contributed by atoms with Crippen molar-refractivity contribution in [3.63, 3.8) is 0 Å². The average molecular weight is 180 g/mol. The van der Waals surface area contributed by atoms with Crippen LogP contribution in [0, 0.1) is 5.82 Å². The molecule has 0 atom stereocenters. The van der Waals surface area contributed by atoms with Gasteiger partial charge in [-0.1, -0.05) is 0 Å². The van der Waals surface area contributed by atoms with Crippen LogP contribution in [-0.2, 0) is 4.79 Å². The van der Waals surface area contributed by atoms with E-state index < -0.39 is 0 Å². The fourth-order valence-electron chi connectivity index (χ4n) is 1.42. The predicted molar refractivity (Wildman–Crippen MR) is 45.8 cm³/mol. The number of rotatable bonds is 1. The molecule has 0 unspecified atom stereocenters. The van der Waals surface area contributed by atoms with E-state index in [1.54, 1.807) is 4.90 Å². The molecule has 4 heteroatoms. The second-order valence-electron chi connectivity index (χ2n) is 2.98. The molecule has 2 heterocycles. The molecule has 1 fully saturated rings. The normalized spacial score (nSPS) is 16.7. The van der Waals surface area contributed by atoms with Gasteiger partial charge >= 0.3 is 0 Å². The average Bonchev–Trinajstić information content (AvgIpc) is 2.53. The summed E-state index contributed by atoms with van der Waals surface area (Å²) in [5.41, 5.74) is 0. The Morgan fingerprint density at radius 1 is 1.46 bits per heavy atom. The highest BCUT2D eigenvalue weighted by Gasteiger charge is 2.22. The maximum Gasteiger partial charge on any atom is 0.228 e. The van der Waals surface area contributed by atoms with E-state index in [1.165, 1.54) is 12.1 Å². The molecule has 0 saturated carbocycles. The molecule has 2 rings (SSSR count). The Hall–Kier alpha value is -1.45. The van der Waals surface area contributed by atoms with E-state index in [9.17, 15) is 9.18 Å². The Morgan fingerprint density at radius 2 is 2.31 bits per heavy atom. The Morgan fingerprint density at radius 3 is 2.85 bits per heavy atom. The maximum atomic E-state index is 12.5. The van der Waals surface area contributed by atoms with E-state index in [0.29, 0.717) is 18.8 Å². The van der Waals surface area contributed by atoms with E-state index in [-0.39, 0.29) is 11.7 Å². The van der Waals surface area contributed by atoms with E-state index >= 15 is 0 Å². The monoisotopic (exact) mass is 180 g/mol. The molecule has 0 N–H and O–H groups in total. The van der Waals surface area contributed by atoms with Gasteiger partial charge < -0.3 is 0 Å². The zero-order chi connectivity index (χ0) is 9.26. The second-order valence-corrected chi connectivity index (χ2v) is 2.98. The number of hydrogen-bond acceptors (Lipinski definition) is 2. The van der Waals surface area contributed by atoms with Gasteiger partial charge in [-0.05, 0) is 18.6 Å². The Balaban J connectivity index is 2.25. The van der Waals surface area contributed by atoms with Gasteiger partial charge in [-0.15, -0.1) is 0 Å². The molecule has 0 spiro atoms. The summed E-state index contributed by atoms with van der Waals surface area (Å²) < 4.78 is 12.5. The lowest BCUT2D eigenvalue weighted by atomic mass is 10.4. The van der Waals surface area contributed by atoms with Crippen LogP contribution in [0.5, 0.6) is 0 Å². The first-order valence-corrected chi connectivity index (χ1v) is 4.19. The van der Waals surface area contributed by atoms with E-state index in [4.69, 9.17) is 0 Å². The topological polar surface area (TPSA) is 33.2 Å². The number of aromatic nitrogens is 1. The van der Waals surface area contributed by atoms with E-state index in [2.05, 4.69) is 4.98 Å². The third kappa shape index (κ3) is 1.52. The molecular formula is C9H9FN2O. The number of pyridine rings is 1. The van der Waals surface area contributed by atoms with Crippen molar-refractivity contribution in [3.05, 3.63) is 24.1 Å². The summed E-state index contributed by atoms with van der Waals surface area (Å²) in [6.07, 6.45) is 2.55. The van der Waals surface area contributed by atoms with Crippen molar-refractivity contribution in [1.29, 1.82) is 0 Å². The smallest absolute Gasteiger partial charge is 0.228 e. The molecule has 3 nitrogen and oxygen atoms in total. The quantitative estimate of drug-likeness (QED) is 0.653. The number of halogens is 1. The van der Waals surface area contributed by atoms with Crippen molar-refractivity contribution in [3.8, 4) is 0 Å². The van der Waals surface area contributed by atoms with Crippen molar-refractivity contribution >= 4 is 11.7 Å². The van der Waals surface area contributed by atoms with Gasteiger partial charge in [0.1, 0.15) is 11.6 Å². The summed E-state index contributed by atoms with van der Waals surface area (Å²) in [5.74, 6) is 0.235. The largest absolute Gasteiger partial charge is 0.297 e. The van der Waals surface area contributed by atoms with Crippen molar-refractivity contribution in [2.24, 2.45) is 0 Å². The fraction of sp³-hybridized carbons (Fsp3) is 0.333. The van der Waals surface area contributed by atoms with E-state index in [1.807, 2.05) is 0 Å². The number of nitrogens with zero attached hydrogens (tertiary/aromatic N) is 2. The van der Waals surface area contributed by atoms with Crippen LogP contribution in [0.4, 0.5) is 10.2 Å². The van der Waals surface area contributed by atoms with Crippen LogP contribution in [-0.4, -0.2) is 17.4 Å². The highest BCUT2D eigenvalue weighted by atomic mass is 19.1. The molecular weight excluding hydrogens is 171 g/mol. The van der Waals surface area contributed by atoms with Crippen LogP contribution in [0.2, 0.25) is 0 Å². The molecule has 1 saturated heterocycles. The van der Waals surface area contributed by atoms with Gasteiger partial charge in [-0.25, -0.2) is 9.37 Å². The van der Waals surface area contributed by atoms with Gasteiger partial charge in [0.25, 0.3) is 0 Å². The number of amides is 1. The SMILES string of the molecule is O=C1CCCN1c1ccc(F)cn1. The lowest BCUT2D eigenvalue weighted by molar-refractivity contribution is -0.117. The van der Waals surface area contributed by atoms with Crippen molar-refractivity contribution in [2.75, 3.05) is 11.4 Å². The molecule has 0 radical (unpaired) electrons. The lowest BCUT2D eigenvalue weighted by Crippen LogP contribution is -2.24. The zero-order valence-electron chi connectivity index (χ0n) is 7.03. The minimum atomic E-state index is -0.379. The van der Waals surface area contributed by atoms with Gasteiger partial charge in [0.05, 0.1) is 6.20 Å². The minimum absolute atomic E-state index is 0.0686. The predicted octanol–water partition coefficient (Wildman–Crippen LogP) is 1.35. The van der Waals surface area contributed by atoms with Gasteiger partial charge in [-0.2, -0.15) is 0 Å². The van der Waals surface area contributed by atoms with Crippen molar-refractivity contribution < 1.29 is 9.18 Å². The number of hydrogen-bond donors (Lipinski definition) is 0. The van der Waals surface area contributed by atoms with Crippen LogP contribution < -0.4 is 4.90 Å². The van der Waals surface area contributed by atoms with Gasteiger partial charge in [-0.3, -0.25) is 9.69 Å². The van der Waals surface area contributed by atoms with Crippen LogP contribution in [0.15, 0.2) is 18.3 Å². The molecule has 1 aliphatic heterocycles. The standard InChI is InChI=1S/C9H9FN2O/c10-7-3-4-8(11-6-7)12-5-1-2-9(12)13/h3-4,6H,1-2,5H2. The first-order chi connectivity index (χ1) is 6.27. The van der Waals surface area contributed by atoms with Gasteiger partial charge in [0.2, 0.25) is 5.91 Å². The molecule has 13 heavy (non-hydrogen) atoms. The summed E-state index contributed by atoms with van der Waals surface area (Å²) in [6, 6.07) is 2.84. The second kappa shape index (κ2) is 3.12. The number of anilines is 1. The summed E-state index contributed by atoms with van der Waals surface area (Å²) >= 11 is 0.